The molecule has 0 aromatic heterocycles. The van der Waals surface area contributed by atoms with Crippen LogP contribution in [0.4, 0.5) is 0 Å². The van der Waals surface area contributed by atoms with Gasteiger partial charge in [-0.3, -0.25) is 0 Å². The number of fused-ring (bicyclic) bond motifs is 1. The average Bonchev–Trinajstić information content (AvgIpc) is 2.52. The highest BCUT2D eigenvalue weighted by Gasteiger charge is 2.12. The van der Waals surface area contributed by atoms with E-state index in [2.05, 4.69) is 24.4 Å². The van der Waals surface area contributed by atoms with E-state index >= 15 is 0 Å². The molecule has 0 aliphatic carbocycles. The number of thioether (sulfide) groups is 1. The van der Waals surface area contributed by atoms with E-state index < -0.39 is 0 Å². The summed E-state index contributed by atoms with van der Waals surface area (Å²) in [4.78, 5) is 1.21. The molecule has 0 amide bonds. The summed E-state index contributed by atoms with van der Waals surface area (Å²) < 4.78 is 0. The Morgan fingerprint density at radius 2 is 2.00 bits per heavy atom. The van der Waals surface area contributed by atoms with Crippen LogP contribution in [0.1, 0.15) is 18.1 Å². The number of hydrogen-bond acceptors (Lipinski definition) is 2. The molecule has 1 aromatic rings. The Kier molecular flexibility index (Phi) is 4.58. The number of benzene rings is 1. The van der Waals surface area contributed by atoms with Crippen LogP contribution in [-0.2, 0) is 13.1 Å². The lowest BCUT2D eigenvalue weighted by atomic mass is 10.1. The van der Waals surface area contributed by atoms with Crippen molar-refractivity contribution in [2.45, 2.75) is 24.9 Å². The molecule has 0 spiro atoms. The van der Waals surface area contributed by atoms with Gasteiger partial charge in [0.1, 0.15) is 0 Å². The summed E-state index contributed by atoms with van der Waals surface area (Å²) in [5.74, 6) is 1.08. The van der Waals surface area contributed by atoms with Crippen molar-refractivity contribution in [2.75, 3.05) is 5.75 Å². The second-order valence-electron chi connectivity index (χ2n) is 3.09. The molecule has 0 atom stereocenters. The van der Waals surface area contributed by atoms with Crippen LogP contribution in [-0.4, -0.2) is 5.75 Å². The average molecular weight is 250 g/mol. The van der Waals surface area contributed by atoms with Gasteiger partial charge in [-0.15, -0.1) is 24.2 Å². The van der Waals surface area contributed by atoms with Crippen molar-refractivity contribution in [2.24, 2.45) is 0 Å². The zero-order valence-corrected chi connectivity index (χ0v) is 10.4. The van der Waals surface area contributed by atoms with Crippen LogP contribution in [0.2, 0.25) is 5.02 Å². The predicted molar refractivity (Wildman–Crippen MR) is 65.6 cm³/mol. The van der Waals surface area contributed by atoms with E-state index in [0.717, 1.165) is 23.9 Å². The Bertz CT molecular complexity index is 328. The topological polar surface area (TPSA) is 12.0 Å². The highest BCUT2D eigenvalue weighted by atomic mass is 35.5. The van der Waals surface area contributed by atoms with Crippen LogP contribution < -0.4 is 5.32 Å². The lowest BCUT2D eigenvalue weighted by Crippen LogP contribution is -1.99. The first-order valence-corrected chi connectivity index (χ1v) is 5.82. The molecule has 1 aliphatic rings. The van der Waals surface area contributed by atoms with Crippen molar-refractivity contribution in [1.29, 1.82) is 0 Å². The second kappa shape index (κ2) is 5.26. The van der Waals surface area contributed by atoms with Gasteiger partial charge in [0.05, 0.1) is 5.02 Å². The fourth-order valence-electron chi connectivity index (χ4n) is 1.56. The lowest BCUT2D eigenvalue weighted by Gasteiger charge is -2.05. The smallest absolute Gasteiger partial charge is 0.0545 e. The van der Waals surface area contributed by atoms with Gasteiger partial charge in [-0.2, -0.15) is 0 Å². The second-order valence-corrected chi connectivity index (χ2v) is 4.80. The van der Waals surface area contributed by atoms with E-state index in [1.165, 1.54) is 16.0 Å². The molecule has 0 saturated heterocycles. The minimum absolute atomic E-state index is 0. The Morgan fingerprint density at radius 1 is 1.36 bits per heavy atom. The van der Waals surface area contributed by atoms with E-state index in [-0.39, 0.29) is 12.4 Å². The number of rotatable bonds is 2. The van der Waals surface area contributed by atoms with Crippen LogP contribution in [0.5, 0.6) is 0 Å². The first-order valence-electron chi connectivity index (χ1n) is 4.46. The highest BCUT2D eigenvalue weighted by molar-refractivity contribution is 7.99. The maximum atomic E-state index is 6.14. The largest absolute Gasteiger partial charge is 0.309 e. The third-order valence-corrected chi connectivity index (χ3v) is 3.55. The molecule has 14 heavy (non-hydrogen) atoms. The molecular weight excluding hydrogens is 237 g/mol. The van der Waals surface area contributed by atoms with Crippen molar-refractivity contribution >= 4 is 35.8 Å². The zero-order valence-electron chi connectivity index (χ0n) is 7.97. The Balaban J connectivity index is 0.000000980. The van der Waals surface area contributed by atoms with Gasteiger partial charge in [-0.25, -0.2) is 0 Å². The third-order valence-electron chi connectivity index (χ3n) is 2.18. The molecule has 0 radical (unpaired) electrons. The van der Waals surface area contributed by atoms with Crippen molar-refractivity contribution in [3.63, 3.8) is 0 Å². The Hall–Kier alpha value is 0.110. The molecule has 4 heteroatoms. The van der Waals surface area contributed by atoms with E-state index in [4.69, 9.17) is 11.6 Å². The summed E-state index contributed by atoms with van der Waals surface area (Å²) in [5.41, 5.74) is 2.76. The first-order chi connectivity index (χ1) is 6.31. The standard InChI is InChI=1S/C10H12ClNS.ClH/c1-2-13-10-4-8-6-12-5-7(8)3-9(10)11;/h3-4,12H,2,5-6H2,1H3;1H. The summed E-state index contributed by atoms with van der Waals surface area (Å²) >= 11 is 7.95. The van der Waals surface area contributed by atoms with Gasteiger partial charge in [-0.1, -0.05) is 18.5 Å². The van der Waals surface area contributed by atoms with E-state index in [9.17, 15) is 0 Å². The highest BCUT2D eigenvalue weighted by Crippen LogP contribution is 2.31. The molecule has 1 nitrogen and oxygen atoms in total. The van der Waals surface area contributed by atoms with Gasteiger partial charge in [0, 0.05) is 18.0 Å². The summed E-state index contributed by atoms with van der Waals surface area (Å²) in [7, 11) is 0. The van der Waals surface area contributed by atoms with Crippen molar-refractivity contribution in [3.8, 4) is 0 Å². The van der Waals surface area contributed by atoms with Gasteiger partial charge in [0.2, 0.25) is 0 Å². The van der Waals surface area contributed by atoms with Crippen LogP contribution in [0.3, 0.4) is 0 Å². The van der Waals surface area contributed by atoms with Crippen LogP contribution in [0, 0.1) is 0 Å². The van der Waals surface area contributed by atoms with Crippen molar-refractivity contribution in [1.82, 2.24) is 5.32 Å². The fraction of sp³-hybridized carbons (Fsp3) is 0.400. The van der Waals surface area contributed by atoms with E-state index in [0.29, 0.717) is 0 Å². The molecule has 0 fully saturated rings. The van der Waals surface area contributed by atoms with Crippen LogP contribution in [0.25, 0.3) is 0 Å². The van der Waals surface area contributed by atoms with Crippen molar-refractivity contribution < 1.29 is 0 Å². The molecule has 0 bridgehead atoms. The number of nitrogens with one attached hydrogen (secondary N) is 1. The minimum atomic E-state index is 0. The zero-order chi connectivity index (χ0) is 9.26. The normalized spacial score (nSPS) is 13.6. The van der Waals surface area contributed by atoms with Gasteiger partial charge in [0.15, 0.2) is 0 Å². The predicted octanol–water partition coefficient (Wildman–Crippen LogP) is 3.48. The molecule has 0 saturated carbocycles. The molecule has 1 aliphatic heterocycles. The maximum Gasteiger partial charge on any atom is 0.0545 e. The van der Waals surface area contributed by atoms with Gasteiger partial charge >= 0.3 is 0 Å². The molecule has 2 rings (SSSR count). The third kappa shape index (κ3) is 2.37. The summed E-state index contributed by atoms with van der Waals surface area (Å²) in [6, 6.07) is 4.31. The summed E-state index contributed by atoms with van der Waals surface area (Å²) in [6.45, 7) is 4.10. The Labute approximate surface area is 100 Å². The van der Waals surface area contributed by atoms with E-state index in [1.807, 2.05) is 11.8 Å². The molecule has 1 N–H and O–H groups in total. The summed E-state index contributed by atoms with van der Waals surface area (Å²) in [6.07, 6.45) is 0. The molecule has 1 aromatic carbocycles. The number of halogens is 2. The first kappa shape index (κ1) is 12.2. The van der Waals surface area contributed by atoms with Gasteiger partial charge < -0.3 is 5.32 Å². The summed E-state index contributed by atoms with van der Waals surface area (Å²) in [5, 5.41) is 4.21. The van der Waals surface area contributed by atoms with Crippen LogP contribution in [0.15, 0.2) is 17.0 Å². The molecule has 1 heterocycles. The van der Waals surface area contributed by atoms with Gasteiger partial charge in [0.25, 0.3) is 0 Å². The fourth-order valence-corrected chi connectivity index (χ4v) is 2.65. The van der Waals surface area contributed by atoms with Crippen molar-refractivity contribution in [3.05, 3.63) is 28.3 Å². The molecule has 0 unspecified atom stereocenters. The van der Waals surface area contributed by atoms with E-state index in [1.54, 1.807) is 0 Å². The SMILES string of the molecule is CCSc1cc2c(cc1Cl)CNC2.Cl. The minimum Gasteiger partial charge on any atom is -0.309 e. The number of hydrogen-bond donors (Lipinski definition) is 1. The van der Waals surface area contributed by atoms with Crippen LogP contribution >= 0.6 is 35.8 Å². The molecular formula is C10H13Cl2NS. The van der Waals surface area contributed by atoms with Gasteiger partial charge in [-0.05, 0) is 29.0 Å². The maximum absolute atomic E-state index is 6.14. The quantitative estimate of drug-likeness (QED) is 0.806. The lowest BCUT2D eigenvalue weighted by molar-refractivity contribution is 0.764. The molecule has 78 valence electrons. The Morgan fingerprint density at radius 3 is 2.64 bits per heavy atom. The monoisotopic (exact) mass is 249 g/mol.